The van der Waals surface area contributed by atoms with Crippen LogP contribution in [0.25, 0.3) is 0 Å². The Morgan fingerprint density at radius 2 is 2.04 bits per heavy atom. The first-order valence-corrected chi connectivity index (χ1v) is 8.53. The minimum Gasteiger partial charge on any atom is -0.326 e. The maximum atomic E-state index is 13.0. The topological polar surface area (TPSA) is 75.5 Å². The summed E-state index contributed by atoms with van der Waals surface area (Å²) in [5, 5.41) is 13.6. The number of nitro groups is 1. The fourth-order valence-electron chi connectivity index (χ4n) is 3.20. The zero-order valence-corrected chi connectivity index (χ0v) is 14.2. The van der Waals surface area contributed by atoms with Crippen LogP contribution in [0.1, 0.15) is 18.4 Å². The zero-order valence-electron chi connectivity index (χ0n) is 14.2. The van der Waals surface area contributed by atoms with Gasteiger partial charge in [-0.1, -0.05) is 18.2 Å². The number of hydrogen-bond acceptors (Lipinski definition) is 4. The van der Waals surface area contributed by atoms with E-state index in [1.54, 1.807) is 24.3 Å². The third-order valence-electron chi connectivity index (χ3n) is 4.52. The first-order valence-electron chi connectivity index (χ1n) is 8.53. The summed E-state index contributed by atoms with van der Waals surface area (Å²) in [5.74, 6) is -0.570. The molecule has 3 rings (SSSR count). The van der Waals surface area contributed by atoms with Gasteiger partial charge in [-0.15, -0.1) is 0 Å². The molecule has 0 unspecified atom stereocenters. The van der Waals surface area contributed by atoms with Crippen molar-refractivity contribution in [2.24, 2.45) is 5.92 Å². The van der Waals surface area contributed by atoms with Crippen molar-refractivity contribution in [3.05, 3.63) is 70.0 Å². The zero-order chi connectivity index (χ0) is 18.5. The molecule has 1 saturated heterocycles. The summed E-state index contributed by atoms with van der Waals surface area (Å²) in [6, 6.07) is 12.3. The molecule has 1 atom stereocenters. The quantitative estimate of drug-likeness (QED) is 0.655. The predicted molar refractivity (Wildman–Crippen MR) is 96.1 cm³/mol. The van der Waals surface area contributed by atoms with Crippen molar-refractivity contribution in [2.75, 3.05) is 18.4 Å². The number of halogens is 1. The molecule has 26 heavy (non-hydrogen) atoms. The number of nitro benzene ring substituents is 1. The number of nitrogens with zero attached hydrogens (tertiary/aromatic N) is 2. The van der Waals surface area contributed by atoms with Gasteiger partial charge in [-0.2, -0.15) is 0 Å². The van der Waals surface area contributed by atoms with Crippen LogP contribution in [0, 0.1) is 21.8 Å². The lowest BCUT2D eigenvalue weighted by atomic mass is 9.96. The molecule has 136 valence electrons. The van der Waals surface area contributed by atoms with Crippen molar-refractivity contribution in [3.8, 4) is 0 Å². The van der Waals surface area contributed by atoms with E-state index in [0.29, 0.717) is 18.8 Å². The van der Waals surface area contributed by atoms with E-state index in [4.69, 9.17) is 0 Å². The van der Waals surface area contributed by atoms with Crippen molar-refractivity contribution >= 4 is 17.3 Å². The van der Waals surface area contributed by atoms with Crippen LogP contribution < -0.4 is 5.32 Å². The molecule has 0 spiro atoms. The lowest BCUT2D eigenvalue weighted by Crippen LogP contribution is -2.40. The van der Waals surface area contributed by atoms with E-state index in [0.717, 1.165) is 24.9 Å². The number of anilines is 1. The maximum Gasteiger partial charge on any atom is 0.271 e. The van der Waals surface area contributed by atoms with E-state index in [-0.39, 0.29) is 23.3 Å². The Kier molecular flexibility index (Phi) is 5.58. The van der Waals surface area contributed by atoms with Gasteiger partial charge in [0.15, 0.2) is 0 Å². The van der Waals surface area contributed by atoms with Crippen molar-refractivity contribution < 1.29 is 14.1 Å². The second-order valence-corrected chi connectivity index (χ2v) is 6.50. The highest BCUT2D eigenvalue weighted by Gasteiger charge is 2.26. The molecule has 0 bridgehead atoms. The van der Waals surface area contributed by atoms with Crippen LogP contribution in [0.3, 0.4) is 0 Å². The van der Waals surface area contributed by atoms with Crippen LogP contribution in [-0.4, -0.2) is 28.8 Å². The van der Waals surface area contributed by atoms with E-state index in [1.807, 2.05) is 0 Å². The Morgan fingerprint density at radius 3 is 2.77 bits per heavy atom. The van der Waals surface area contributed by atoms with Crippen molar-refractivity contribution in [2.45, 2.75) is 19.4 Å². The molecule has 2 aromatic carbocycles. The molecule has 1 aliphatic heterocycles. The molecule has 1 amide bonds. The van der Waals surface area contributed by atoms with E-state index in [2.05, 4.69) is 10.2 Å². The number of amides is 1. The van der Waals surface area contributed by atoms with Gasteiger partial charge in [0, 0.05) is 30.9 Å². The van der Waals surface area contributed by atoms with Crippen molar-refractivity contribution in [1.82, 2.24) is 4.90 Å². The van der Waals surface area contributed by atoms with Crippen LogP contribution in [0.2, 0.25) is 0 Å². The lowest BCUT2D eigenvalue weighted by Gasteiger charge is -2.32. The Hall–Kier alpha value is -2.80. The number of carbonyl (C=O) groups excluding carboxylic acids is 1. The molecular weight excluding hydrogens is 337 g/mol. The summed E-state index contributed by atoms with van der Waals surface area (Å²) in [6.45, 7) is 2.16. The van der Waals surface area contributed by atoms with Gasteiger partial charge in [-0.05, 0) is 43.1 Å². The number of hydrogen-bond donors (Lipinski definition) is 1. The monoisotopic (exact) mass is 357 g/mol. The summed E-state index contributed by atoms with van der Waals surface area (Å²) >= 11 is 0. The normalized spacial score (nSPS) is 17.7. The molecule has 6 nitrogen and oxygen atoms in total. The largest absolute Gasteiger partial charge is 0.326 e. The summed E-state index contributed by atoms with van der Waals surface area (Å²) in [7, 11) is 0. The molecule has 0 aromatic heterocycles. The number of non-ortho nitro benzene ring substituents is 1. The number of benzene rings is 2. The number of carbonyl (C=O) groups is 1. The second kappa shape index (κ2) is 8.05. The standard InChI is InChI=1S/C19H20FN3O3/c20-16-8-6-14(7-9-16)12-22-10-2-3-15(13-22)19(24)21-17-4-1-5-18(11-17)23(25)26/h1,4-9,11,15H,2-3,10,12-13H2,(H,21,24)/t15-/m0/s1. The van der Waals surface area contributed by atoms with E-state index >= 15 is 0 Å². The Labute approximate surface area is 150 Å². The van der Waals surface area contributed by atoms with E-state index in [9.17, 15) is 19.3 Å². The molecule has 0 saturated carbocycles. The first kappa shape index (κ1) is 18.0. The average Bonchev–Trinajstić information content (AvgIpc) is 2.64. The van der Waals surface area contributed by atoms with Crippen LogP contribution in [0.4, 0.5) is 15.8 Å². The molecule has 1 heterocycles. The summed E-state index contributed by atoms with van der Waals surface area (Å²) in [4.78, 5) is 25.1. The minimum absolute atomic E-state index is 0.0515. The lowest BCUT2D eigenvalue weighted by molar-refractivity contribution is -0.384. The maximum absolute atomic E-state index is 13.0. The van der Waals surface area contributed by atoms with E-state index in [1.165, 1.54) is 24.3 Å². The molecular formula is C19H20FN3O3. The smallest absolute Gasteiger partial charge is 0.271 e. The van der Waals surface area contributed by atoms with Gasteiger partial charge in [0.2, 0.25) is 5.91 Å². The second-order valence-electron chi connectivity index (χ2n) is 6.50. The molecule has 1 aliphatic rings. The highest BCUT2D eigenvalue weighted by atomic mass is 19.1. The molecule has 0 aliphatic carbocycles. The molecule has 1 fully saturated rings. The highest BCUT2D eigenvalue weighted by molar-refractivity contribution is 5.93. The van der Waals surface area contributed by atoms with Gasteiger partial charge in [0.1, 0.15) is 5.82 Å². The Bertz CT molecular complexity index is 795. The minimum atomic E-state index is -0.485. The number of likely N-dealkylation sites (tertiary alicyclic amines) is 1. The fraction of sp³-hybridized carbons (Fsp3) is 0.316. The summed E-state index contributed by atoms with van der Waals surface area (Å²) in [5.41, 5.74) is 1.38. The molecule has 2 aromatic rings. The van der Waals surface area contributed by atoms with Crippen molar-refractivity contribution in [1.29, 1.82) is 0 Å². The Morgan fingerprint density at radius 1 is 1.27 bits per heavy atom. The van der Waals surface area contributed by atoms with Gasteiger partial charge in [-0.25, -0.2) is 4.39 Å². The number of nitrogens with one attached hydrogen (secondary N) is 1. The van der Waals surface area contributed by atoms with Gasteiger partial charge in [0.05, 0.1) is 10.8 Å². The summed E-state index contributed by atoms with van der Waals surface area (Å²) < 4.78 is 13.0. The fourth-order valence-corrected chi connectivity index (χ4v) is 3.20. The summed E-state index contributed by atoms with van der Waals surface area (Å²) in [6.07, 6.45) is 1.68. The molecule has 0 radical (unpaired) electrons. The van der Waals surface area contributed by atoms with Crippen molar-refractivity contribution in [3.63, 3.8) is 0 Å². The molecule has 7 heteroatoms. The van der Waals surface area contributed by atoms with Gasteiger partial charge < -0.3 is 5.32 Å². The van der Waals surface area contributed by atoms with Crippen LogP contribution in [0.5, 0.6) is 0 Å². The predicted octanol–water partition coefficient (Wildman–Crippen LogP) is 3.58. The third kappa shape index (κ3) is 4.64. The average molecular weight is 357 g/mol. The highest BCUT2D eigenvalue weighted by Crippen LogP contribution is 2.22. The van der Waals surface area contributed by atoms with E-state index < -0.39 is 4.92 Å². The van der Waals surface area contributed by atoms with Gasteiger partial charge in [0.25, 0.3) is 5.69 Å². The van der Waals surface area contributed by atoms with Gasteiger partial charge in [-0.3, -0.25) is 19.8 Å². The number of rotatable bonds is 5. The van der Waals surface area contributed by atoms with Crippen LogP contribution in [-0.2, 0) is 11.3 Å². The van der Waals surface area contributed by atoms with Crippen LogP contribution >= 0.6 is 0 Å². The molecule has 1 N–H and O–H groups in total. The Balaban J connectivity index is 1.60. The third-order valence-corrected chi connectivity index (χ3v) is 4.52. The van der Waals surface area contributed by atoms with Crippen LogP contribution in [0.15, 0.2) is 48.5 Å². The number of piperidine rings is 1. The van der Waals surface area contributed by atoms with Gasteiger partial charge >= 0.3 is 0 Å². The first-order chi connectivity index (χ1) is 12.5. The SMILES string of the molecule is O=C(Nc1cccc([N+](=O)[O-])c1)[C@H]1CCCN(Cc2ccc(F)cc2)C1.